The zero-order valence-corrected chi connectivity index (χ0v) is 17.0. The van der Waals surface area contributed by atoms with Gasteiger partial charge in [-0.05, 0) is 30.7 Å². The van der Waals surface area contributed by atoms with Gasteiger partial charge in [0.15, 0.2) is 21.4 Å². The second-order valence-electron chi connectivity index (χ2n) is 6.97. The second-order valence-corrected chi connectivity index (χ2v) is 9.04. The number of ether oxygens (including phenoxy) is 2. The first-order valence-electron chi connectivity index (χ1n) is 9.34. The van der Waals surface area contributed by atoms with Crippen molar-refractivity contribution in [2.75, 3.05) is 19.8 Å². The van der Waals surface area contributed by atoms with Crippen LogP contribution < -0.4 is 4.74 Å². The number of rotatable bonds is 8. The second kappa shape index (κ2) is 9.37. The Morgan fingerprint density at radius 3 is 2.42 bits per heavy atom. The smallest absolute Gasteiger partial charge is 0.186 e. The van der Waals surface area contributed by atoms with E-state index in [1.807, 2.05) is 0 Å². The van der Waals surface area contributed by atoms with E-state index in [4.69, 9.17) is 14.6 Å². The zero-order chi connectivity index (χ0) is 22.8. The molecule has 0 amide bonds. The van der Waals surface area contributed by atoms with Crippen LogP contribution in [0.15, 0.2) is 47.9 Å². The fraction of sp³-hybridized carbons (Fsp3) is 0.333. The van der Waals surface area contributed by atoms with Gasteiger partial charge < -0.3 is 14.6 Å². The minimum atomic E-state index is -4.64. The number of halogens is 4. The summed E-state index contributed by atoms with van der Waals surface area (Å²) >= 11 is 0. The van der Waals surface area contributed by atoms with Crippen LogP contribution >= 0.6 is 0 Å². The summed E-state index contributed by atoms with van der Waals surface area (Å²) in [6.07, 6.45) is 0.619. The summed E-state index contributed by atoms with van der Waals surface area (Å²) in [6, 6.07) is 3.27. The van der Waals surface area contributed by atoms with Crippen LogP contribution in [0.5, 0.6) is 5.75 Å². The lowest BCUT2D eigenvalue weighted by molar-refractivity contribution is -0.0223. The molecule has 31 heavy (non-hydrogen) atoms. The molecule has 3 rings (SSSR count). The molecular weight excluding hydrogens is 440 g/mol. The minimum Gasteiger partial charge on any atom is -0.490 e. The number of fused-ring (bicyclic) bond motifs is 1. The van der Waals surface area contributed by atoms with Gasteiger partial charge in [-0.2, -0.15) is 0 Å². The van der Waals surface area contributed by atoms with Crippen molar-refractivity contribution >= 4 is 9.84 Å². The molecule has 2 aromatic carbocycles. The fourth-order valence-electron chi connectivity index (χ4n) is 3.70. The Balaban J connectivity index is 2.23. The van der Waals surface area contributed by atoms with Crippen LogP contribution in [0.4, 0.5) is 17.6 Å². The SMILES string of the molecule is C=CC[C@H](OCCO)[C@@H]1COc2c(F)ccc(F)c2[C@H]1S(=O)(=O)c1cc(F)cc(F)c1. The monoisotopic (exact) mass is 460 g/mol. The maximum Gasteiger partial charge on any atom is 0.186 e. The molecule has 0 spiro atoms. The number of hydrogen-bond acceptors (Lipinski definition) is 5. The standard InChI is InChI=1S/C21H20F4O5S/c1-2-3-18(29-7-6-26)15-11-30-20-17(25)5-4-16(24)19(20)21(15)31(27,28)14-9-12(22)8-13(23)10-14/h2,4-5,8-10,15,18,21,26H,1,3,6-7,11H2/t15-,18-,21-/m0/s1. The Hall–Kier alpha value is -2.43. The van der Waals surface area contributed by atoms with Crippen molar-refractivity contribution in [3.05, 3.63) is 71.8 Å². The first kappa shape index (κ1) is 23.2. The molecule has 10 heteroatoms. The van der Waals surface area contributed by atoms with E-state index in [-0.39, 0.29) is 26.2 Å². The van der Waals surface area contributed by atoms with Crippen molar-refractivity contribution in [2.45, 2.75) is 22.7 Å². The lowest BCUT2D eigenvalue weighted by atomic mass is 9.89. The molecule has 168 valence electrons. The number of benzene rings is 2. The molecule has 1 N–H and O–H groups in total. The maximum atomic E-state index is 14.8. The highest BCUT2D eigenvalue weighted by molar-refractivity contribution is 7.91. The van der Waals surface area contributed by atoms with Gasteiger partial charge in [0, 0.05) is 12.0 Å². The first-order valence-corrected chi connectivity index (χ1v) is 10.9. The average Bonchev–Trinajstić information content (AvgIpc) is 2.72. The van der Waals surface area contributed by atoms with E-state index in [1.54, 1.807) is 0 Å². The van der Waals surface area contributed by atoms with Crippen molar-refractivity contribution in [2.24, 2.45) is 5.92 Å². The van der Waals surface area contributed by atoms with E-state index >= 15 is 0 Å². The average molecular weight is 460 g/mol. The molecule has 0 radical (unpaired) electrons. The van der Waals surface area contributed by atoms with Crippen molar-refractivity contribution in [3.63, 3.8) is 0 Å². The molecule has 1 heterocycles. The van der Waals surface area contributed by atoms with Crippen LogP contribution in [-0.4, -0.2) is 39.4 Å². The quantitative estimate of drug-likeness (QED) is 0.480. The largest absolute Gasteiger partial charge is 0.490 e. The number of aliphatic hydroxyl groups is 1. The van der Waals surface area contributed by atoms with Gasteiger partial charge in [0.25, 0.3) is 0 Å². The molecule has 0 bridgehead atoms. The molecule has 0 fully saturated rings. The number of aliphatic hydroxyl groups excluding tert-OH is 1. The van der Waals surface area contributed by atoms with Crippen molar-refractivity contribution in [1.29, 1.82) is 0 Å². The highest BCUT2D eigenvalue weighted by Crippen LogP contribution is 2.47. The third-order valence-electron chi connectivity index (χ3n) is 4.99. The molecule has 0 aliphatic carbocycles. The normalized spacial score (nSPS) is 19.4. The van der Waals surface area contributed by atoms with E-state index < -0.39 is 66.6 Å². The van der Waals surface area contributed by atoms with Crippen LogP contribution in [0.25, 0.3) is 0 Å². The van der Waals surface area contributed by atoms with Gasteiger partial charge in [-0.1, -0.05) is 6.08 Å². The van der Waals surface area contributed by atoms with E-state index in [0.717, 1.165) is 12.1 Å². The van der Waals surface area contributed by atoms with Crippen LogP contribution in [0.3, 0.4) is 0 Å². The summed E-state index contributed by atoms with van der Waals surface area (Å²) in [7, 11) is -4.64. The van der Waals surface area contributed by atoms with Crippen LogP contribution in [-0.2, 0) is 14.6 Å². The summed E-state index contributed by atoms with van der Waals surface area (Å²) in [6.45, 7) is 2.68. The predicted molar refractivity (Wildman–Crippen MR) is 103 cm³/mol. The number of sulfone groups is 1. The summed E-state index contributed by atoms with van der Waals surface area (Å²) < 4.78 is 94.6. The summed E-state index contributed by atoms with van der Waals surface area (Å²) in [4.78, 5) is -0.726. The lowest BCUT2D eigenvalue weighted by Gasteiger charge is -2.37. The minimum absolute atomic E-state index is 0.101. The molecule has 1 aliphatic heterocycles. The molecule has 3 atom stereocenters. The van der Waals surface area contributed by atoms with Gasteiger partial charge in [0.2, 0.25) is 0 Å². The van der Waals surface area contributed by atoms with Gasteiger partial charge in [-0.3, -0.25) is 0 Å². The molecule has 5 nitrogen and oxygen atoms in total. The van der Waals surface area contributed by atoms with Crippen molar-refractivity contribution in [1.82, 2.24) is 0 Å². The predicted octanol–water partition coefficient (Wildman–Crippen LogP) is 3.72. The fourth-order valence-corrected chi connectivity index (χ4v) is 5.79. The summed E-state index contributed by atoms with van der Waals surface area (Å²) in [5.41, 5.74) is -0.581. The van der Waals surface area contributed by atoms with Crippen molar-refractivity contribution < 1.29 is 40.6 Å². The third kappa shape index (κ3) is 4.60. The van der Waals surface area contributed by atoms with Gasteiger partial charge in [0.05, 0.1) is 36.4 Å². The molecule has 0 saturated heterocycles. The Bertz CT molecular complexity index is 1050. The van der Waals surface area contributed by atoms with Crippen LogP contribution in [0.1, 0.15) is 17.2 Å². The van der Waals surface area contributed by atoms with Gasteiger partial charge in [0.1, 0.15) is 22.7 Å². The van der Waals surface area contributed by atoms with E-state index in [2.05, 4.69) is 6.58 Å². The molecule has 0 unspecified atom stereocenters. The topological polar surface area (TPSA) is 72.8 Å². The summed E-state index contributed by atoms with van der Waals surface area (Å²) in [5, 5.41) is 7.32. The van der Waals surface area contributed by atoms with Gasteiger partial charge in [-0.15, -0.1) is 6.58 Å². The van der Waals surface area contributed by atoms with Crippen LogP contribution in [0.2, 0.25) is 0 Å². The molecule has 0 saturated carbocycles. The first-order chi connectivity index (χ1) is 14.7. The van der Waals surface area contributed by atoms with Crippen molar-refractivity contribution in [3.8, 4) is 5.75 Å². The number of hydrogen-bond donors (Lipinski definition) is 1. The third-order valence-corrected chi connectivity index (χ3v) is 7.13. The summed E-state index contributed by atoms with van der Waals surface area (Å²) in [5.74, 6) is -5.98. The lowest BCUT2D eigenvalue weighted by Crippen LogP contribution is -2.41. The highest BCUT2D eigenvalue weighted by Gasteiger charge is 2.47. The van der Waals surface area contributed by atoms with Gasteiger partial charge in [-0.25, -0.2) is 26.0 Å². The Kier molecular flexibility index (Phi) is 7.03. The molecule has 1 aliphatic rings. The maximum absolute atomic E-state index is 14.8. The molecule has 0 aromatic heterocycles. The molecular formula is C21H20F4O5S. The molecule has 2 aromatic rings. The Morgan fingerprint density at radius 1 is 1.16 bits per heavy atom. The Labute approximate surface area is 176 Å². The van der Waals surface area contributed by atoms with Gasteiger partial charge >= 0.3 is 0 Å². The van der Waals surface area contributed by atoms with E-state index in [0.29, 0.717) is 18.2 Å². The van der Waals surface area contributed by atoms with E-state index in [1.165, 1.54) is 6.08 Å². The van der Waals surface area contributed by atoms with Crippen LogP contribution in [0, 0.1) is 29.2 Å². The van der Waals surface area contributed by atoms with E-state index in [9.17, 15) is 26.0 Å². The zero-order valence-electron chi connectivity index (χ0n) is 16.2. The highest BCUT2D eigenvalue weighted by atomic mass is 32.2. The Morgan fingerprint density at radius 2 is 1.81 bits per heavy atom.